The minimum absolute atomic E-state index is 0.163. The number of carboxylic acid groups (broad SMARTS) is 1. The predicted molar refractivity (Wildman–Crippen MR) is 81.3 cm³/mol. The molecule has 114 valence electrons. The average Bonchev–Trinajstić information content (AvgIpc) is 2.79. The number of hydrogen-bond donors (Lipinski definition) is 2. The Hall–Kier alpha value is -1.41. The molecule has 0 unspecified atom stereocenters. The quantitative estimate of drug-likeness (QED) is 0.820. The molecule has 21 heavy (non-hydrogen) atoms. The maximum atomic E-state index is 12.1. The van der Waals surface area contributed by atoms with Crippen molar-refractivity contribution < 1.29 is 19.5 Å². The number of nitrogens with one attached hydrogen (secondary N) is 1. The SMILES string of the molecule is CN(CC(=O)NC1(C(=O)O)CCC1)C(=O)c1ccc(Br)s1. The molecule has 0 atom stereocenters. The van der Waals surface area contributed by atoms with Crippen LogP contribution >= 0.6 is 27.3 Å². The number of carboxylic acids is 1. The fourth-order valence-corrected chi connectivity index (χ4v) is 3.51. The molecule has 1 heterocycles. The summed E-state index contributed by atoms with van der Waals surface area (Å²) in [6.07, 6.45) is 1.65. The average molecular weight is 375 g/mol. The molecule has 8 heteroatoms. The lowest BCUT2D eigenvalue weighted by Crippen LogP contribution is -2.60. The van der Waals surface area contributed by atoms with Crippen molar-refractivity contribution in [1.29, 1.82) is 0 Å². The van der Waals surface area contributed by atoms with Gasteiger partial charge in [0.05, 0.1) is 15.2 Å². The van der Waals surface area contributed by atoms with Gasteiger partial charge in [-0.2, -0.15) is 0 Å². The number of carbonyl (C=O) groups is 3. The Morgan fingerprint density at radius 1 is 1.43 bits per heavy atom. The topological polar surface area (TPSA) is 86.7 Å². The normalized spacial score (nSPS) is 15.9. The Balaban J connectivity index is 1.93. The molecule has 0 spiro atoms. The van der Waals surface area contributed by atoms with E-state index < -0.39 is 17.4 Å². The van der Waals surface area contributed by atoms with Gasteiger partial charge in [-0.25, -0.2) is 4.79 Å². The number of nitrogens with zero attached hydrogens (tertiary/aromatic N) is 1. The molecule has 1 aromatic heterocycles. The minimum Gasteiger partial charge on any atom is -0.480 e. The first kappa shape index (κ1) is 16.0. The van der Waals surface area contributed by atoms with Crippen molar-refractivity contribution in [2.45, 2.75) is 24.8 Å². The van der Waals surface area contributed by atoms with Crippen molar-refractivity contribution in [3.63, 3.8) is 0 Å². The van der Waals surface area contributed by atoms with Crippen LogP contribution in [0, 0.1) is 0 Å². The Morgan fingerprint density at radius 3 is 2.52 bits per heavy atom. The molecule has 1 aliphatic carbocycles. The molecule has 1 saturated carbocycles. The number of amides is 2. The monoisotopic (exact) mass is 374 g/mol. The van der Waals surface area contributed by atoms with Crippen LogP contribution in [-0.2, 0) is 9.59 Å². The van der Waals surface area contributed by atoms with Crippen molar-refractivity contribution in [3.05, 3.63) is 20.8 Å². The zero-order chi connectivity index (χ0) is 15.6. The van der Waals surface area contributed by atoms with Crippen LogP contribution in [-0.4, -0.2) is 46.9 Å². The summed E-state index contributed by atoms with van der Waals surface area (Å²) in [7, 11) is 1.52. The third kappa shape index (κ3) is 3.44. The van der Waals surface area contributed by atoms with E-state index in [1.807, 2.05) is 0 Å². The number of aliphatic carboxylic acids is 1. The molecular weight excluding hydrogens is 360 g/mol. The van der Waals surface area contributed by atoms with Crippen LogP contribution in [0.15, 0.2) is 15.9 Å². The van der Waals surface area contributed by atoms with Crippen LogP contribution in [0.2, 0.25) is 0 Å². The molecule has 1 fully saturated rings. The summed E-state index contributed by atoms with van der Waals surface area (Å²) in [5.41, 5.74) is -1.15. The van der Waals surface area contributed by atoms with E-state index in [1.165, 1.54) is 23.3 Å². The summed E-state index contributed by atoms with van der Waals surface area (Å²) >= 11 is 4.56. The lowest BCUT2D eigenvalue weighted by atomic mass is 9.77. The molecule has 0 bridgehead atoms. The molecule has 0 saturated heterocycles. The molecule has 2 N–H and O–H groups in total. The van der Waals surface area contributed by atoms with Gasteiger partial charge in [-0.1, -0.05) is 0 Å². The van der Waals surface area contributed by atoms with Crippen LogP contribution < -0.4 is 5.32 Å². The molecular formula is C13H15BrN2O4S. The van der Waals surface area contributed by atoms with Gasteiger partial charge in [0.2, 0.25) is 5.91 Å². The lowest BCUT2D eigenvalue weighted by molar-refractivity contribution is -0.151. The van der Waals surface area contributed by atoms with Crippen LogP contribution in [0.3, 0.4) is 0 Å². The lowest BCUT2D eigenvalue weighted by Gasteiger charge is -2.38. The van der Waals surface area contributed by atoms with E-state index in [0.717, 1.165) is 10.2 Å². The van der Waals surface area contributed by atoms with Gasteiger partial charge < -0.3 is 15.3 Å². The largest absolute Gasteiger partial charge is 0.480 e. The second-order valence-corrected chi connectivity index (χ2v) is 7.52. The number of hydrogen-bond acceptors (Lipinski definition) is 4. The summed E-state index contributed by atoms with van der Waals surface area (Å²) in [6, 6.07) is 3.44. The van der Waals surface area contributed by atoms with Crippen LogP contribution in [0.25, 0.3) is 0 Å². The first-order valence-corrected chi connectivity index (χ1v) is 8.00. The van der Waals surface area contributed by atoms with Crippen molar-refractivity contribution in [3.8, 4) is 0 Å². The molecule has 0 radical (unpaired) electrons. The van der Waals surface area contributed by atoms with Crippen molar-refractivity contribution in [2.75, 3.05) is 13.6 Å². The van der Waals surface area contributed by atoms with E-state index in [2.05, 4.69) is 21.2 Å². The molecule has 2 amide bonds. The van der Waals surface area contributed by atoms with E-state index in [9.17, 15) is 14.4 Å². The van der Waals surface area contributed by atoms with Gasteiger partial charge in [0, 0.05) is 7.05 Å². The van der Waals surface area contributed by atoms with Gasteiger partial charge in [0.15, 0.2) is 0 Å². The number of likely N-dealkylation sites (N-methyl/N-ethyl adjacent to an activating group) is 1. The molecule has 6 nitrogen and oxygen atoms in total. The van der Waals surface area contributed by atoms with Crippen LogP contribution in [0.5, 0.6) is 0 Å². The molecule has 2 rings (SSSR count). The van der Waals surface area contributed by atoms with Crippen molar-refractivity contribution >= 4 is 45.1 Å². The van der Waals surface area contributed by atoms with Crippen molar-refractivity contribution in [1.82, 2.24) is 10.2 Å². The van der Waals surface area contributed by atoms with E-state index >= 15 is 0 Å². The highest BCUT2D eigenvalue weighted by Crippen LogP contribution is 2.32. The van der Waals surface area contributed by atoms with Gasteiger partial charge in [0.25, 0.3) is 5.91 Å². The summed E-state index contributed by atoms with van der Waals surface area (Å²) in [5.74, 6) is -1.74. The maximum absolute atomic E-state index is 12.1. The number of rotatable bonds is 5. The highest BCUT2D eigenvalue weighted by Gasteiger charge is 2.45. The zero-order valence-corrected chi connectivity index (χ0v) is 13.8. The fraction of sp³-hybridized carbons (Fsp3) is 0.462. The third-order valence-corrected chi connectivity index (χ3v) is 5.12. The summed E-state index contributed by atoms with van der Waals surface area (Å²) < 4.78 is 0.836. The second-order valence-electron chi connectivity index (χ2n) is 5.05. The van der Waals surface area contributed by atoms with E-state index in [1.54, 1.807) is 12.1 Å². The molecule has 1 aliphatic rings. The van der Waals surface area contributed by atoms with Gasteiger partial charge in [0.1, 0.15) is 5.54 Å². The molecule has 0 aromatic carbocycles. The van der Waals surface area contributed by atoms with E-state index in [4.69, 9.17) is 5.11 Å². The summed E-state index contributed by atoms with van der Waals surface area (Å²) in [5, 5.41) is 11.7. The number of halogens is 1. The minimum atomic E-state index is -1.15. The third-order valence-electron chi connectivity index (χ3n) is 3.51. The van der Waals surface area contributed by atoms with E-state index in [-0.39, 0.29) is 12.5 Å². The standard InChI is InChI=1S/C13H15BrN2O4S/c1-16(11(18)8-3-4-9(14)21-8)7-10(17)15-13(12(19)20)5-2-6-13/h3-4H,2,5-7H2,1H3,(H,15,17)(H,19,20). The molecule has 1 aromatic rings. The van der Waals surface area contributed by atoms with Gasteiger partial charge in [-0.15, -0.1) is 11.3 Å². The first-order valence-electron chi connectivity index (χ1n) is 6.39. The highest BCUT2D eigenvalue weighted by atomic mass is 79.9. The fourth-order valence-electron chi connectivity index (χ4n) is 2.13. The van der Waals surface area contributed by atoms with Crippen molar-refractivity contribution in [2.24, 2.45) is 0 Å². The maximum Gasteiger partial charge on any atom is 0.329 e. The van der Waals surface area contributed by atoms with Gasteiger partial charge in [-0.3, -0.25) is 9.59 Å². The Labute approximate surface area is 134 Å². The second kappa shape index (κ2) is 6.15. The Kier molecular flexibility index (Phi) is 4.67. The van der Waals surface area contributed by atoms with Crippen LogP contribution in [0.4, 0.5) is 0 Å². The Bertz CT molecular complexity index is 582. The summed E-state index contributed by atoms with van der Waals surface area (Å²) in [4.78, 5) is 37.0. The van der Waals surface area contributed by atoms with E-state index in [0.29, 0.717) is 17.7 Å². The molecule has 0 aliphatic heterocycles. The predicted octanol–water partition coefficient (Wildman–Crippen LogP) is 1.71. The van der Waals surface area contributed by atoms with Gasteiger partial charge >= 0.3 is 5.97 Å². The summed E-state index contributed by atoms with van der Waals surface area (Å²) in [6.45, 7) is -0.163. The number of carbonyl (C=O) groups excluding carboxylic acids is 2. The zero-order valence-electron chi connectivity index (χ0n) is 11.4. The number of thiophene rings is 1. The smallest absolute Gasteiger partial charge is 0.329 e. The highest BCUT2D eigenvalue weighted by molar-refractivity contribution is 9.11. The first-order chi connectivity index (χ1) is 9.84. The van der Waals surface area contributed by atoms with Gasteiger partial charge in [-0.05, 0) is 47.3 Å². The van der Waals surface area contributed by atoms with Crippen LogP contribution in [0.1, 0.15) is 28.9 Å². The Morgan fingerprint density at radius 2 is 2.10 bits per heavy atom.